The van der Waals surface area contributed by atoms with Crippen molar-refractivity contribution in [2.24, 2.45) is 0 Å². The summed E-state index contributed by atoms with van der Waals surface area (Å²) in [4.78, 5) is 11.2. The van der Waals surface area contributed by atoms with Crippen molar-refractivity contribution in [1.82, 2.24) is 4.72 Å². The number of hydrogen-bond donors (Lipinski definition) is 2. The molecule has 1 heterocycles. The van der Waals surface area contributed by atoms with E-state index in [0.717, 1.165) is 17.7 Å². The van der Waals surface area contributed by atoms with Crippen molar-refractivity contribution >= 4 is 27.8 Å². The van der Waals surface area contributed by atoms with Crippen LogP contribution in [0.15, 0.2) is 47.4 Å². The first kappa shape index (κ1) is 19.9. The van der Waals surface area contributed by atoms with Gasteiger partial charge in [0.05, 0.1) is 10.9 Å². The molecule has 1 atom stereocenters. The van der Waals surface area contributed by atoms with Crippen LogP contribution in [0.2, 0.25) is 0 Å². The Morgan fingerprint density at radius 3 is 2.56 bits per heavy atom. The Morgan fingerprint density at radius 2 is 1.93 bits per heavy atom. The quantitative estimate of drug-likeness (QED) is 0.743. The van der Waals surface area contributed by atoms with Crippen LogP contribution in [0.3, 0.4) is 0 Å². The van der Waals surface area contributed by atoms with Gasteiger partial charge in [0.25, 0.3) is 0 Å². The second-order valence-electron chi connectivity index (χ2n) is 7.14. The summed E-state index contributed by atoms with van der Waals surface area (Å²) in [6.45, 7) is 3.73. The highest BCUT2D eigenvalue weighted by Crippen LogP contribution is 2.40. The predicted octanol–water partition coefficient (Wildman–Crippen LogP) is 3.41. The molecule has 0 bridgehead atoms. The first-order chi connectivity index (χ1) is 12.6. The molecule has 27 heavy (non-hydrogen) atoms. The molecule has 1 N–H and O–H groups in total. The van der Waals surface area contributed by atoms with Crippen LogP contribution in [0.4, 0.5) is 4.39 Å². The summed E-state index contributed by atoms with van der Waals surface area (Å²) < 4.78 is 47.2. The number of fused-ring (bicyclic) bond motifs is 1. The number of thiol groups is 1. The Morgan fingerprint density at radius 1 is 1.26 bits per heavy atom. The average molecular weight is 410 g/mol. The van der Waals surface area contributed by atoms with Gasteiger partial charge in [0.2, 0.25) is 10.0 Å². The van der Waals surface area contributed by atoms with Crippen molar-refractivity contribution in [2.45, 2.75) is 43.2 Å². The van der Waals surface area contributed by atoms with E-state index in [1.807, 2.05) is 13.8 Å². The molecule has 0 saturated heterocycles. The van der Waals surface area contributed by atoms with Crippen LogP contribution < -0.4 is 9.46 Å². The van der Waals surface area contributed by atoms with Crippen LogP contribution in [0, 0.1) is 5.82 Å². The van der Waals surface area contributed by atoms with Crippen molar-refractivity contribution in [2.75, 3.05) is 0 Å². The molecule has 5 nitrogen and oxygen atoms in total. The van der Waals surface area contributed by atoms with E-state index >= 15 is 0 Å². The molecule has 0 saturated carbocycles. The van der Waals surface area contributed by atoms with Crippen LogP contribution in [0.1, 0.15) is 37.4 Å². The van der Waals surface area contributed by atoms with E-state index in [2.05, 4.69) is 17.4 Å². The third kappa shape index (κ3) is 4.69. The number of nitrogens with one attached hydrogen (secondary N) is 1. The number of carbonyl (C=O) groups is 1. The van der Waals surface area contributed by atoms with Crippen LogP contribution in [-0.2, 0) is 21.2 Å². The molecular formula is C19H20FNO4S2. The average Bonchev–Trinajstić information content (AvgIpc) is 2.52. The highest BCUT2D eigenvalue weighted by Gasteiger charge is 2.36. The molecule has 144 valence electrons. The van der Waals surface area contributed by atoms with Crippen molar-refractivity contribution in [3.63, 3.8) is 0 Å². The molecule has 2 aromatic rings. The summed E-state index contributed by atoms with van der Waals surface area (Å²) in [7, 11) is -3.84. The van der Waals surface area contributed by atoms with E-state index in [0.29, 0.717) is 17.7 Å². The molecule has 0 radical (unpaired) electrons. The molecule has 0 aromatic heterocycles. The highest BCUT2D eigenvalue weighted by molar-refractivity contribution is 7.96. The fourth-order valence-electron chi connectivity index (χ4n) is 3.15. The summed E-state index contributed by atoms with van der Waals surface area (Å²) in [6, 6.07) is 9.41. The molecular weight excluding hydrogens is 389 g/mol. The van der Waals surface area contributed by atoms with E-state index in [1.54, 1.807) is 18.2 Å². The maximum absolute atomic E-state index is 13.1. The normalized spacial score (nSPS) is 18.4. The summed E-state index contributed by atoms with van der Waals surface area (Å²) in [6.07, 6.45) is 0.581. The minimum atomic E-state index is -3.84. The molecule has 0 fully saturated rings. The molecule has 8 heteroatoms. The number of halogens is 1. The molecule has 0 spiro atoms. The van der Waals surface area contributed by atoms with Crippen molar-refractivity contribution < 1.29 is 22.3 Å². The monoisotopic (exact) mass is 409 g/mol. The number of sulfonamides is 1. The molecule has 2 aromatic carbocycles. The van der Waals surface area contributed by atoms with Gasteiger partial charge in [-0.15, -0.1) is 12.6 Å². The summed E-state index contributed by atoms with van der Waals surface area (Å²) in [5.41, 5.74) is 0.828. The van der Waals surface area contributed by atoms with Gasteiger partial charge >= 0.3 is 0 Å². The van der Waals surface area contributed by atoms with Gasteiger partial charge in [-0.2, -0.15) is 0 Å². The molecule has 1 aliphatic rings. The minimum Gasteiger partial charge on any atom is -0.487 e. The predicted molar refractivity (Wildman–Crippen MR) is 103 cm³/mol. The molecule has 0 amide bonds. The zero-order valence-electron chi connectivity index (χ0n) is 14.9. The van der Waals surface area contributed by atoms with E-state index in [9.17, 15) is 17.6 Å². The van der Waals surface area contributed by atoms with E-state index in [4.69, 9.17) is 4.74 Å². The van der Waals surface area contributed by atoms with Gasteiger partial charge in [-0.3, -0.25) is 4.79 Å². The lowest BCUT2D eigenvalue weighted by molar-refractivity contribution is -0.110. The van der Waals surface area contributed by atoms with Crippen LogP contribution in [0.25, 0.3) is 0 Å². The van der Waals surface area contributed by atoms with E-state index in [1.165, 1.54) is 12.1 Å². The standard InChI is InChI=1S/C19H20FNO4S2/c1-19(2)11-16(21-27(23,24)14-6-4-13(20)5-7-14)15-8-3-12(10-18(22)26)9-17(15)25-19/h3-9,16,21H,10-11H2,1-2H3,(H,22,26). The Hall–Kier alpha value is -1.90. The summed E-state index contributed by atoms with van der Waals surface area (Å²) in [5.74, 6) is 0.0305. The van der Waals surface area contributed by atoms with E-state index < -0.39 is 27.5 Å². The fraction of sp³-hybridized carbons (Fsp3) is 0.316. The topological polar surface area (TPSA) is 72.5 Å². The Kier molecular flexibility index (Phi) is 5.33. The van der Waals surface area contributed by atoms with Crippen molar-refractivity contribution in [3.8, 4) is 5.75 Å². The summed E-state index contributed by atoms with van der Waals surface area (Å²) in [5, 5.41) is -0.265. The van der Waals surface area contributed by atoms with Gasteiger partial charge in [0, 0.05) is 18.4 Å². The van der Waals surface area contributed by atoms with Gasteiger partial charge in [0.1, 0.15) is 17.2 Å². The third-order valence-corrected chi connectivity index (χ3v) is 5.96. The van der Waals surface area contributed by atoms with Gasteiger partial charge in [-0.1, -0.05) is 12.1 Å². The summed E-state index contributed by atoms with van der Waals surface area (Å²) >= 11 is 3.79. The Balaban J connectivity index is 1.94. The minimum absolute atomic E-state index is 0.00737. The lowest BCUT2D eigenvalue weighted by atomic mass is 9.89. The molecule has 1 unspecified atom stereocenters. The first-order valence-corrected chi connectivity index (χ1v) is 10.3. The Bertz CT molecular complexity index is 972. The lowest BCUT2D eigenvalue weighted by Crippen LogP contribution is -2.41. The molecule has 1 aliphatic heterocycles. The Labute approximate surface area is 163 Å². The van der Waals surface area contributed by atoms with Crippen LogP contribution in [0.5, 0.6) is 5.75 Å². The maximum atomic E-state index is 13.1. The largest absolute Gasteiger partial charge is 0.487 e. The van der Waals surface area contributed by atoms with Crippen molar-refractivity contribution in [1.29, 1.82) is 0 Å². The smallest absolute Gasteiger partial charge is 0.241 e. The highest BCUT2D eigenvalue weighted by atomic mass is 32.2. The number of rotatable bonds is 5. The zero-order valence-corrected chi connectivity index (χ0v) is 16.6. The maximum Gasteiger partial charge on any atom is 0.241 e. The molecule has 0 aliphatic carbocycles. The van der Waals surface area contributed by atoms with Gasteiger partial charge in [0.15, 0.2) is 5.12 Å². The van der Waals surface area contributed by atoms with Crippen molar-refractivity contribution in [3.05, 3.63) is 59.4 Å². The van der Waals surface area contributed by atoms with Gasteiger partial charge in [-0.05, 0) is 49.7 Å². The van der Waals surface area contributed by atoms with Crippen LogP contribution in [-0.4, -0.2) is 19.1 Å². The van der Waals surface area contributed by atoms with Crippen LogP contribution >= 0.6 is 12.6 Å². The second-order valence-corrected chi connectivity index (χ2v) is 9.35. The van der Waals surface area contributed by atoms with E-state index in [-0.39, 0.29) is 16.4 Å². The second kappa shape index (κ2) is 7.26. The zero-order chi connectivity index (χ0) is 19.8. The first-order valence-electron chi connectivity index (χ1n) is 8.37. The number of hydrogen-bond acceptors (Lipinski definition) is 4. The number of benzene rings is 2. The third-order valence-electron chi connectivity index (χ3n) is 4.31. The number of ether oxygens (including phenoxy) is 1. The lowest BCUT2D eigenvalue weighted by Gasteiger charge is -2.38. The fourth-order valence-corrected chi connectivity index (χ4v) is 4.55. The SMILES string of the molecule is CC1(C)CC(NS(=O)(=O)c2ccc(F)cc2)c2ccc(CC(=O)S)cc2O1. The van der Waals surface area contributed by atoms with Gasteiger partial charge < -0.3 is 4.74 Å². The molecule has 3 rings (SSSR count). The van der Waals surface area contributed by atoms with Gasteiger partial charge in [-0.25, -0.2) is 17.5 Å². The number of carbonyl (C=O) groups excluding carboxylic acids is 1.